The SMILES string of the molecule is O=C(O)CNC(=O)Cc1ccsc1. The molecule has 0 fully saturated rings. The highest BCUT2D eigenvalue weighted by molar-refractivity contribution is 7.07. The third kappa shape index (κ3) is 3.71. The average Bonchev–Trinajstić information content (AvgIpc) is 2.53. The van der Waals surface area contributed by atoms with E-state index in [9.17, 15) is 9.59 Å². The van der Waals surface area contributed by atoms with Gasteiger partial charge in [-0.3, -0.25) is 9.59 Å². The predicted molar refractivity (Wildman–Crippen MR) is 48.7 cm³/mol. The molecule has 1 aromatic rings. The Morgan fingerprint density at radius 1 is 1.54 bits per heavy atom. The minimum Gasteiger partial charge on any atom is -0.480 e. The zero-order valence-electron chi connectivity index (χ0n) is 6.82. The van der Waals surface area contributed by atoms with Gasteiger partial charge in [-0.15, -0.1) is 0 Å². The number of nitrogens with one attached hydrogen (secondary N) is 1. The Morgan fingerprint density at radius 2 is 2.31 bits per heavy atom. The maximum absolute atomic E-state index is 11.0. The van der Waals surface area contributed by atoms with Crippen molar-refractivity contribution < 1.29 is 14.7 Å². The van der Waals surface area contributed by atoms with Crippen molar-refractivity contribution in [1.82, 2.24) is 5.32 Å². The van der Waals surface area contributed by atoms with Crippen LogP contribution < -0.4 is 5.32 Å². The molecule has 0 radical (unpaired) electrons. The molecule has 0 saturated carbocycles. The fourth-order valence-corrected chi connectivity index (χ4v) is 1.48. The lowest BCUT2D eigenvalue weighted by atomic mass is 10.2. The van der Waals surface area contributed by atoms with E-state index in [0.717, 1.165) is 5.56 Å². The van der Waals surface area contributed by atoms with Gasteiger partial charge < -0.3 is 10.4 Å². The molecule has 0 aliphatic rings. The quantitative estimate of drug-likeness (QED) is 0.741. The van der Waals surface area contributed by atoms with Crippen molar-refractivity contribution in [2.75, 3.05) is 6.54 Å². The van der Waals surface area contributed by atoms with Gasteiger partial charge in [0, 0.05) is 0 Å². The number of carboxylic acid groups (broad SMARTS) is 1. The average molecular weight is 199 g/mol. The minimum atomic E-state index is -1.03. The summed E-state index contributed by atoms with van der Waals surface area (Å²) in [6.07, 6.45) is 0.247. The van der Waals surface area contributed by atoms with Crippen molar-refractivity contribution in [3.8, 4) is 0 Å². The van der Waals surface area contributed by atoms with Crippen LogP contribution in [-0.2, 0) is 16.0 Å². The Labute approximate surface area is 79.2 Å². The van der Waals surface area contributed by atoms with E-state index in [2.05, 4.69) is 5.32 Å². The smallest absolute Gasteiger partial charge is 0.322 e. The number of thiophene rings is 1. The summed E-state index contributed by atoms with van der Waals surface area (Å²) in [5, 5.41) is 14.3. The van der Waals surface area contributed by atoms with Gasteiger partial charge in [-0.2, -0.15) is 11.3 Å². The van der Waals surface area contributed by atoms with Crippen LogP contribution in [0.15, 0.2) is 16.8 Å². The van der Waals surface area contributed by atoms with Crippen molar-refractivity contribution >= 4 is 23.2 Å². The first-order valence-corrected chi connectivity index (χ1v) is 4.62. The molecule has 0 atom stereocenters. The molecule has 0 saturated heterocycles. The number of hydrogen-bond acceptors (Lipinski definition) is 3. The van der Waals surface area contributed by atoms with Gasteiger partial charge in [-0.25, -0.2) is 0 Å². The molecule has 0 spiro atoms. The first-order chi connectivity index (χ1) is 6.18. The first-order valence-electron chi connectivity index (χ1n) is 3.68. The normalized spacial score (nSPS) is 9.54. The highest BCUT2D eigenvalue weighted by atomic mass is 32.1. The molecule has 1 aromatic heterocycles. The van der Waals surface area contributed by atoms with Crippen molar-refractivity contribution in [2.24, 2.45) is 0 Å². The van der Waals surface area contributed by atoms with E-state index < -0.39 is 5.97 Å². The summed E-state index contributed by atoms with van der Waals surface area (Å²) in [6.45, 7) is -0.316. The number of carbonyl (C=O) groups is 2. The maximum Gasteiger partial charge on any atom is 0.322 e. The zero-order valence-corrected chi connectivity index (χ0v) is 7.63. The van der Waals surface area contributed by atoms with Gasteiger partial charge in [0.05, 0.1) is 6.42 Å². The second-order valence-corrected chi connectivity index (χ2v) is 3.26. The summed E-state index contributed by atoms with van der Waals surface area (Å²) in [5.41, 5.74) is 0.910. The van der Waals surface area contributed by atoms with E-state index in [1.807, 2.05) is 16.8 Å². The van der Waals surface area contributed by atoms with Crippen molar-refractivity contribution in [2.45, 2.75) is 6.42 Å². The van der Waals surface area contributed by atoms with Crippen LogP contribution in [0.25, 0.3) is 0 Å². The second kappa shape index (κ2) is 4.61. The molecule has 0 unspecified atom stereocenters. The van der Waals surface area contributed by atoms with Crippen molar-refractivity contribution in [3.63, 3.8) is 0 Å². The van der Waals surface area contributed by atoms with E-state index in [4.69, 9.17) is 5.11 Å². The molecule has 0 aliphatic carbocycles. The molecule has 13 heavy (non-hydrogen) atoms. The lowest BCUT2D eigenvalue weighted by Crippen LogP contribution is -2.30. The summed E-state index contributed by atoms with van der Waals surface area (Å²) >= 11 is 1.51. The second-order valence-electron chi connectivity index (χ2n) is 2.48. The van der Waals surface area contributed by atoms with Gasteiger partial charge in [-0.05, 0) is 22.4 Å². The van der Waals surface area contributed by atoms with Crippen LogP contribution in [0.1, 0.15) is 5.56 Å². The third-order valence-corrected chi connectivity index (χ3v) is 2.11. The van der Waals surface area contributed by atoms with E-state index in [-0.39, 0.29) is 18.9 Å². The Kier molecular flexibility index (Phi) is 3.45. The molecule has 70 valence electrons. The van der Waals surface area contributed by atoms with Gasteiger partial charge in [0.15, 0.2) is 0 Å². The fourth-order valence-electron chi connectivity index (χ4n) is 0.815. The molecule has 2 N–H and O–H groups in total. The van der Waals surface area contributed by atoms with E-state index in [0.29, 0.717) is 0 Å². The predicted octanol–water partition coefficient (Wildman–Crippen LogP) is 0.491. The molecular formula is C8H9NO3S. The van der Waals surface area contributed by atoms with Crippen molar-refractivity contribution in [3.05, 3.63) is 22.4 Å². The van der Waals surface area contributed by atoms with E-state index in [1.165, 1.54) is 11.3 Å². The number of carbonyl (C=O) groups excluding carboxylic acids is 1. The molecule has 1 amide bonds. The summed E-state index contributed by atoms with van der Waals surface area (Å²) in [5.74, 6) is -1.29. The number of amides is 1. The standard InChI is InChI=1S/C8H9NO3S/c10-7(9-4-8(11)12)3-6-1-2-13-5-6/h1-2,5H,3-4H2,(H,9,10)(H,11,12). The molecule has 4 nitrogen and oxygen atoms in total. The molecule has 5 heteroatoms. The number of aliphatic carboxylic acids is 1. The molecule has 0 aromatic carbocycles. The Morgan fingerprint density at radius 3 is 2.85 bits per heavy atom. The van der Waals surface area contributed by atoms with Crippen molar-refractivity contribution in [1.29, 1.82) is 0 Å². The van der Waals surface area contributed by atoms with Gasteiger partial charge in [0.2, 0.25) is 5.91 Å². The van der Waals surface area contributed by atoms with Gasteiger partial charge in [0.25, 0.3) is 0 Å². The maximum atomic E-state index is 11.0. The van der Waals surface area contributed by atoms with Crippen LogP contribution >= 0.6 is 11.3 Å². The van der Waals surface area contributed by atoms with Crippen LogP contribution in [0.4, 0.5) is 0 Å². The number of carboxylic acids is 1. The van der Waals surface area contributed by atoms with Gasteiger partial charge in [-0.1, -0.05) is 0 Å². The molecular weight excluding hydrogens is 190 g/mol. The molecule has 1 heterocycles. The van der Waals surface area contributed by atoms with Gasteiger partial charge in [0.1, 0.15) is 6.54 Å². The summed E-state index contributed by atoms with van der Waals surface area (Å²) in [4.78, 5) is 21.1. The molecule has 0 bridgehead atoms. The zero-order chi connectivity index (χ0) is 9.68. The Bertz CT molecular complexity index is 294. The van der Waals surface area contributed by atoms with Crippen LogP contribution in [0.2, 0.25) is 0 Å². The van der Waals surface area contributed by atoms with E-state index >= 15 is 0 Å². The lowest BCUT2D eigenvalue weighted by molar-refractivity contribution is -0.137. The summed E-state index contributed by atoms with van der Waals surface area (Å²) in [6, 6.07) is 1.84. The minimum absolute atomic E-state index is 0.247. The van der Waals surface area contributed by atoms with E-state index in [1.54, 1.807) is 0 Å². The van der Waals surface area contributed by atoms with Crippen LogP contribution in [0.3, 0.4) is 0 Å². The third-order valence-electron chi connectivity index (χ3n) is 1.38. The fraction of sp³-hybridized carbons (Fsp3) is 0.250. The number of rotatable bonds is 4. The summed E-state index contributed by atoms with van der Waals surface area (Å²) in [7, 11) is 0. The van der Waals surface area contributed by atoms with Gasteiger partial charge >= 0.3 is 5.97 Å². The Hall–Kier alpha value is -1.36. The van der Waals surface area contributed by atoms with Crippen LogP contribution in [0, 0.1) is 0 Å². The highest BCUT2D eigenvalue weighted by Crippen LogP contribution is 2.05. The van der Waals surface area contributed by atoms with Crippen LogP contribution in [-0.4, -0.2) is 23.5 Å². The topological polar surface area (TPSA) is 66.4 Å². The summed E-state index contributed by atoms with van der Waals surface area (Å²) < 4.78 is 0. The lowest BCUT2D eigenvalue weighted by Gasteiger charge is -1.99. The molecule has 0 aliphatic heterocycles. The molecule has 1 rings (SSSR count). The first kappa shape index (κ1) is 9.73. The highest BCUT2D eigenvalue weighted by Gasteiger charge is 2.04. The largest absolute Gasteiger partial charge is 0.480 e. The van der Waals surface area contributed by atoms with Crippen LogP contribution in [0.5, 0.6) is 0 Å². The Balaban J connectivity index is 2.30. The monoisotopic (exact) mass is 199 g/mol. The number of hydrogen-bond donors (Lipinski definition) is 2.